The second-order valence-electron chi connectivity index (χ2n) is 7.74. The molecule has 0 aromatic heterocycles. The van der Waals surface area contributed by atoms with Crippen molar-refractivity contribution in [3.63, 3.8) is 0 Å². The van der Waals surface area contributed by atoms with Gasteiger partial charge in [-0.2, -0.15) is 0 Å². The fourth-order valence-corrected chi connectivity index (χ4v) is 1.84. The largest absolute Gasteiger partial charge is 0.0776 e. The summed E-state index contributed by atoms with van der Waals surface area (Å²) in [6, 6.07) is 44.5. The zero-order valence-corrected chi connectivity index (χ0v) is 37.8. The molecule has 0 N–H and O–H groups in total. The first-order chi connectivity index (χ1) is 24.0. The molecule has 0 aliphatic carbocycles. The maximum atomic E-state index is 2.12. The van der Waals surface area contributed by atoms with Crippen LogP contribution in [0.15, 0.2) is 133 Å². The fraction of sp³-hybridized carbons (Fsp3) is 0.529. The van der Waals surface area contributed by atoms with E-state index in [0.717, 1.165) is 0 Å². The van der Waals surface area contributed by atoms with E-state index in [1.54, 1.807) is 0 Å². The quantitative estimate of drug-likeness (QED) is 0.170. The molecule has 4 aromatic rings. The first kappa shape index (κ1) is 81.7. The molecule has 51 heavy (non-hydrogen) atoms. The van der Waals surface area contributed by atoms with E-state index in [1.165, 1.54) is 30.4 Å². The fourth-order valence-electron chi connectivity index (χ4n) is 1.84. The molecule has 0 nitrogen and oxygen atoms in total. The van der Waals surface area contributed by atoms with E-state index >= 15 is 0 Å². The summed E-state index contributed by atoms with van der Waals surface area (Å²) in [6.07, 6.45) is 3.75. The maximum absolute atomic E-state index is 2.12. The van der Waals surface area contributed by atoms with Gasteiger partial charge in [0.2, 0.25) is 0 Å². The van der Waals surface area contributed by atoms with Crippen molar-refractivity contribution in [1.29, 1.82) is 0 Å². The molecule has 0 bridgehead atoms. The summed E-state index contributed by atoms with van der Waals surface area (Å²) in [5.74, 6) is 0. The summed E-state index contributed by atoms with van der Waals surface area (Å²) >= 11 is 0. The van der Waals surface area contributed by atoms with Gasteiger partial charge >= 0.3 is 0 Å². The molecule has 0 saturated carbocycles. The van der Waals surface area contributed by atoms with Gasteiger partial charge in [-0.1, -0.05) is 317 Å². The van der Waals surface area contributed by atoms with Gasteiger partial charge in [-0.25, -0.2) is 0 Å². The third-order valence-corrected chi connectivity index (χ3v) is 3.21. The second-order valence-corrected chi connectivity index (χ2v) is 7.74. The van der Waals surface area contributed by atoms with Gasteiger partial charge in [0.25, 0.3) is 0 Å². The van der Waals surface area contributed by atoms with Gasteiger partial charge in [-0.3, -0.25) is 0 Å². The molecule has 0 atom stereocenters. The van der Waals surface area contributed by atoms with Crippen LogP contribution >= 0.6 is 0 Å². The van der Waals surface area contributed by atoms with Crippen molar-refractivity contribution in [1.82, 2.24) is 0 Å². The number of rotatable bonds is 0. The minimum atomic E-state index is 0. The molecule has 4 rings (SSSR count). The smallest absolute Gasteiger partial charge is 0 e. The Balaban J connectivity index is -0.0000000296. The van der Waals surface area contributed by atoms with Crippen molar-refractivity contribution in [3.8, 4) is 0 Å². The first-order valence-electron chi connectivity index (χ1n) is 20.1. The van der Waals surface area contributed by atoms with Crippen LogP contribution in [-0.2, 0) is 0 Å². The zero-order valence-electron chi connectivity index (χ0n) is 37.8. The van der Waals surface area contributed by atoms with Crippen LogP contribution in [0, 0.1) is 13.8 Å². The van der Waals surface area contributed by atoms with E-state index in [1.807, 2.05) is 206 Å². The Hall–Kier alpha value is -3.12. The molecule has 0 fully saturated rings. The summed E-state index contributed by atoms with van der Waals surface area (Å²) < 4.78 is 0. The van der Waals surface area contributed by atoms with Crippen LogP contribution in [0.3, 0.4) is 0 Å². The van der Waals surface area contributed by atoms with Crippen LogP contribution in [0.25, 0.3) is 0 Å². The van der Waals surface area contributed by atoms with Crippen molar-refractivity contribution < 1.29 is 1.43 Å². The maximum Gasteiger partial charge on any atom is 0 e. The minimum absolute atomic E-state index is 0. The van der Waals surface area contributed by atoms with Crippen LogP contribution in [-0.4, -0.2) is 0 Å². The molecule has 0 heteroatoms. The van der Waals surface area contributed by atoms with Crippen LogP contribution in [0.1, 0.15) is 185 Å². The molecule has 0 amide bonds. The monoisotopic (exact) mass is 718 g/mol. The highest BCUT2D eigenvalue weighted by Crippen LogP contribution is 1.93. The molecule has 0 saturated heterocycles. The van der Waals surface area contributed by atoms with Gasteiger partial charge < -0.3 is 0 Å². The third kappa shape index (κ3) is 153. The van der Waals surface area contributed by atoms with E-state index < -0.39 is 0 Å². The molecule has 0 spiro atoms. The van der Waals surface area contributed by atoms with Crippen LogP contribution in [0.5, 0.6) is 0 Å². The number of benzene rings is 4. The highest BCUT2D eigenvalue weighted by Gasteiger charge is 1.72. The molecular formula is C51H104. The Morgan fingerprint density at radius 3 is 0.392 bits per heavy atom. The molecule has 4 aromatic carbocycles. The molecule has 0 unspecified atom stereocenters. The van der Waals surface area contributed by atoms with Crippen molar-refractivity contribution >= 4 is 0 Å². The Bertz CT molecular complexity index is 658. The summed E-state index contributed by atoms with van der Waals surface area (Å²) in [5.41, 5.74) is 2.64. The van der Waals surface area contributed by atoms with Gasteiger partial charge in [0, 0.05) is 1.43 Å². The Labute approximate surface area is 331 Å². The Kier molecular flexibility index (Phi) is 203. The highest BCUT2D eigenvalue weighted by atomic mass is 13.8. The average Bonchev–Trinajstić information content (AvgIpc) is 3.21. The van der Waals surface area contributed by atoms with Gasteiger partial charge in [0.15, 0.2) is 0 Å². The lowest BCUT2D eigenvalue weighted by atomic mass is 10.2. The minimum Gasteiger partial charge on any atom is -0.0776 e. The molecular weight excluding hydrogens is 613 g/mol. The van der Waals surface area contributed by atoms with Crippen molar-refractivity contribution in [3.05, 3.63) is 145 Å². The van der Waals surface area contributed by atoms with Crippen molar-refractivity contribution in [2.45, 2.75) is 186 Å². The lowest BCUT2D eigenvalue weighted by Crippen LogP contribution is -1.62. The first-order valence-corrected chi connectivity index (χ1v) is 20.1. The lowest BCUT2D eigenvalue weighted by molar-refractivity contribution is 1.09. The molecule has 0 radical (unpaired) electrons. The van der Waals surface area contributed by atoms with Crippen LogP contribution < -0.4 is 0 Å². The van der Waals surface area contributed by atoms with E-state index in [-0.39, 0.29) is 16.3 Å². The third-order valence-electron chi connectivity index (χ3n) is 3.21. The van der Waals surface area contributed by atoms with Gasteiger partial charge in [0.05, 0.1) is 0 Å². The highest BCUT2D eigenvalue weighted by molar-refractivity contribution is 5.12. The van der Waals surface area contributed by atoms with E-state index in [4.69, 9.17) is 0 Å². The summed E-state index contributed by atoms with van der Waals surface area (Å²) in [7, 11) is 0. The second kappa shape index (κ2) is 127. The normalized spacial score (nSPS) is 6.16. The number of hydrogen-bond acceptors (Lipinski definition) is 0. The Morgan fingerprint density at radius 1 is 0.255 bits per heavy atom. The van der Waals surface area contributed by atoms with Crippen LogP contribution in [0.4, 0.5) is 0 Å². The molecule has 308 valence electrons. The van der Waals surface area contributed by atoms with Crippen LogP contribution in [0.2, 0.25) is 0 Å². The molecule has 0 aliphatic rings. The lowest BCUT2D eigenvalue weighted by Gasteiger charge is -1.82. The van der Waals surface area contributed by atoms with Crippen molar-refractivity contribution in [2.24, 2.45) is 0 Å². The predicted molar refractivity (Wildman–Crippen MR) is 258 cm³/mol. The standard InChI is InChI=1S/2C7H8.2C6H6.3C3H8.7C2H6.2CH4.H2/c2*1-7-5-3-2-4-6-7;2*1-2-4-6-5-3-1;3*1-3-2;7*1-2;;;/h2*2-6H,1H3;2*1-6H;3*3H2,1-2H3;7*1-2H3;2*1H4;1H/i;;;;;;;;;;;;;;;;1+1. The average molecular weight is 718 g/mol. The van der Waals surface area contributed by atoms with Crippen molar-refractivity contribution in [2.75, 3.05) is 0 Å². The summed E-state index contributed by atoms with van der Waals surface area (Å²) in [5, 5.41) is 0. The summed E-state index contributed by atoms with van der Waals surface area (Å²) in [4.78, 5) is 0. The molecule has 0 heterocycles. The number of hydrogen-bond donors (Lipinski definition) is 0. The van der Waals surface area contributed by atoms with E-state index in [9.17, 15) is 0 Å². The summed E-state index contributed by atoms with van der Waals surface area (Å²) in [6.45, 7) is 44.9. The predicted octanol–water partition coefficient (Wildman–Crippen LogP) is 20.3. The van der Waals surface area contributed by atoms with Gasteiger partial charge in [-0.15, -0.1) is 0 Å². The van der Waals surface area contributed by atoms with Gasteiger partial charge in [-0.05, 0) is 13.8 Å². The van der Waals surface area contributed by atoms with E-state index in [2.05, 4.69) is 79.7 Å². The zero-order chi connectivity index (χ0) is 40.8. The Morgan fingerprint density at radius 2 is 0.333 bits per heavy atom. The number of aryl methyl sites for hydroxylation is 2. The molecule has 0 aliphatic heterocycles. The van der Waals surface area contributed by atoms with E-state index in [0.29, 0.717) is 0 Å². The van der Waals surface area contributed by atoms with Gasteiger partial charge in [0.1, 0.15) is 0 Å². The topological polar surface area (TPSA) is 0 Å². The SMILES string of the molecule is C.C.CC.CC.CC.CC.CC.CC.CC.CCC.CCC.CCC.Cc1ccccc1.Cc1ccccc1.[2HH].c1ccccc1.c1ccccc1.